The summed E-state index contributed by atoms with van der Waals surface area (Å²) < 4.78 is 28.7. The van der Waals surface area contributed by atoms with E-state index in [-0.39, 0.29) is 28.2 Å². The Balaban J connectivity index is 1.90. The fourth-order valence-electron chi connectivity index (χ4n) is 3.42. The lowest BCUT2D eigenvalue weighted by atomic mass is 10.1. The largest absolute Gasteiger partial charge is 0.324 e. The summed E-state index contributed by atoms with van der Waals surface area (Å²) in [5.74, 6) is 3.38. The Bertz CT molecular complexity index is 967. The van der Waals surface area contributed by atoms with Crippen LogP contribution in [0.15, 0.2) is 40.9 Å². The second-order valence-electron chi connectivity index (χ2n) is 7.17. The third-order valence-corrected chi connectivity index (χ3v) is 5.92. The summed E-state index contributed by atoms with van der Waals surface area (Å²) in [5.41, 5.74) is 2.67. The normalized spacial score (nSPS) is 14.4. The third-order valence-electron chi connectivity index (χ3n) is 5.31. The van der Waals surface area contributed by atoms with Gasteiger partial charge in [0.2, 0.25) is 0 Å². The zero-order valence-corrected chi connectivity index (χ0v) is 18.7. The Hall–Kier alpha value is -2.56. The molecule has 1 aliphatic heterocycles. The van der Waals surface area contributed by atoms with Gasteiger partial charge in [-0.15, -0.1) is 0 Å². The van der Waals surface area contributed by atoms with Crippen molar-refractivity contribution in [3.05, 3.63) is 63.6 Å². The number of urea groups is 1. The fourth-order valence-corrected chi connectivity index (χ4v) is 3.79. The zero-order valence-electron chi connectivity index (χ0n) is 17.1. The van der Waals surface area contributed by atoms with Gasteiger partial charge in [0.25, 0.3) is 5.91 Å². The number of nitrogens with one attached hydrogen (secondary N) is 1. The van der Waals surface area contributed by atoms with E-state index in [0.717, 1.165) is 25.7 Å². The van der Waals surface area contributed by atoms with Crippen LogP contribution in [0.3, 0.4) is 0 Å². The number of nitrogen functional groups attached to an aromatic ring is 1. The number of halogens is 3. The lowest BCUT2D eigenvalue weighted by Gasteiger charge is -2.37. The molecule has 0 saturated carbocycles. The average molecular weight is 496 g/mol. The van der Waals surface area contributed by atoms with Crippen LogP contribution in [-0.2, 0) is 6.54 Å². The first-order valence-electron chi connectivity index (χ1n) is 9.87. The molecule has 3 N–H and O–H groups in total. The van der Waals surface area contributed by atoms with Gasteiger partial charge in [-0.25, -0.2) is 19.4 Å². The SMILES string of the molecule is CCN1CCN(C(=O)N(Cc2ccc(C(=O)NN)cc2F)c2ccc(F)c(Br)c2)CC1. The summed E-state index contributed by atoms with van der Waals surface area (Å²) in [7, 11) is 0. The summed E-state index contributed by atoms with van der Waals surface area (Å²) in [6, 6.07) is 7.87. The standard InChI is InChI=1S/C21H24BrF2N5O2/c1-2-27-7-9-28(10-8-27)21(31)29(16-5-6-18(23)17(22)12-16)13-15-4-3-14(11-19(15)24)20(30)26-25/h3-6,11-12H,2,7-10,13,25H2,1H3,(H,26,30). The molecule has 2 aromatic rings. The second kappa shape index (κ2) is 10.2. The number of amides is 3. The number of nitrogens with two attached hydrogens (primary N) is 1. The van der Waals surface area contributed by atoms with Gasteiger partial charge in [-0.1, -0.05) is 13.0 Å². The van der Waals surface area contributed by atoms with E-state index in [0.29, 0.717) is 18.8 Å². The van der Waals surface area contributed by atoms with Crippen molar-refractivity contribution >= 4 is 33.6 Å². The number of likely N-dealkylation sites (N-methyl/N-ethyl adjacent to an activating group) is 1. The van der Waals surface area contributed by atoms with Crippen molar-refractivity contribution in [3.8, 4) is 0 Å². The molecule has 3 amide bonds. The van der Waals surface area contributed by atoms with Crippen molar-refractivity contribution in [1.29, 1.82) is 0 Å². The molecule has 31 heavy (non-hydrogen) atoms. The number of anilines is 1. The van der Waals surface area contributed by atoms with Crippen LogP contribution in [0.25, 0.3) is 0 Å². The molecule has 166 valence electrons. The summed E-state index contributed by atoms with van der Waals surface area (Å²) >= 11 is 3.15. The smallest absolute Gasteiger partial charge is 0.322 e. The second-order valence-corrected chi connectivity index (χ2v) is 8.02. The van der Waals surface area contributed by atoms with Crippen LogP contribution in [0.2, 0.25) is 0 Å². The van der Waals surface area contributed by atoms with E-state index < -0.39 is 17.5 Å². The highest BCUT2D eigenvalue weighted by Crippen LogP contribution is 2.26. The van der Waals surface area contributed by atoms with Crippen LogP contribution in [0, 0.1) is 11.6 Å². The van der Waals surface area contributed by atoms with Crippen molar-refractivity contribution < 1.29 is 18.4 Å². The van der Waals surface area contributed by atoms with Gasteiger partial charge in [-0.3, -0.25) is 15.1 Å². The van der Waals surface area contributed by atoms with Crippen LogP contribution < -0.4 is 16.2 Å². The van der Waals surface area contributed by atoms with Gasteiger partial charge in [0.1, 0.15) is 11.6 Å². The molecule has 2 aromatic carbocycles. The first kappa shape index (κ1) is 23.1. The maximum atomic E-state index is 14.7. The fraction of sp³-hybridized carbons (Fsp3) is 0.333. The molecule has 1 saturated heterocycles. The first-order valence-corrected chi connectivity index (χ1v) is 10.7. The topological polar surface area (TPSA) is 81.9 Å². The number of hydrogen-bond donors (Lipinski definition) is 2. The van der Waals surface area contributed by atoms with Gasteiger partial charge >= 0.3 is 6.03 Å². The van der Waals surface area contributed by atoms with Crippen LogP contribution in [0.1, 0.15) is 22.8 Å². The summed E-state index contributed by atoms with van der Waals surface area (Å²) in [4.78, 5) is 30.3. The van der Waals surface area contributed by atoms with E-state index in [1.54, 1.807) is 4.90 Å². The Morgan fingerprint density at radius 1 is 1.10 bits per heavy atom. The van der Waals surface area contributed by atoms with Crippen LogP contribution in [-0.4, -0.2) is 54.5 Å². The number of carbonyl (C=O) groups excluding carboxylic acids is 2. The molecular weight excluding hydrogens is 472 g/mol. The molecule has 3 rings (SSSR count). The zero-order chi connectivity index (χ0) is 22.5. The number of carbonyl (C=O) groups is 2. The van der Waals surface area contributed by atoms with E-state index in [9.17, 15) is 18.4 Å². The van der Waals surface area contributed by atoms with Crippen molar-refractivity contribution in [3.63, 3.8) is 0 Å². The molecule has 1 fully saturated rings. The summed E-state index contributed by atoms with van der Waals surface area (Å²) in [6.45, 7) is 5.48. The highest BCUT2D eigenvalue weighted by Gasteiger charge is 2.27. The van der Waals surface area contributed by atoms with Gasteiger partial charge in [0, 0.05) is 43.0 Å². The van der Waals surface area contributed by atoms with E-state index >= 15 is 0 Å². The maximum absolute atomic E-state index is 14.7. The molecule has 0 bridgehead atoms. The molecule has 7 nitrogen and oxygen atoms in total. The van der Waals surface area contributed by atoms with E-state index in [2.05, 4.69) is 27.8 Å². The highest BCUT2D eigenvalue weighted by atomic mass is 79.9. The molecule has 0 spiro atoms. The first-order chi connectivity index (χ1) is 14.8. The Morgan fingerprint density at radius 2 is 1.81 bits per heavy atom. The quantitative estimate of drug-likeness (QED) is 0.379. The summed E-state index contributed by atoms with van der Waals surface area (Å²) in [6.07, 6.45) is 0. The molecular formula is C21H24BrF2N5O2. The number of piperazine rings is 1. The van der Waals surface area contributed by atoms with Crippen LogP contribution in [0.5, 0.6) is 0 Å². The van der Waals surface area contributed by atoms with Gasteiger partial charge in [-0.2, -0.15) is 0 Å². The van der Waals surface area contributed by atoms with Gasteiger partial charge in [-0.05, 0) is 52.8 Å². The van der Waals surface area contributed by atoms with E-state index in [1.807, 2.05) is 5.43 Å². The van der Waals surface area contributed by atoms with E-state index in [1.165, 1.54) is 35.2 Å². The lowest BCUT2D eigenvalue weighted by molar-refractivity contribution is 0.0953. The molecule has 0 radical (unpaired) electrons. The number of nitrogens with zero attached hydrogens (tertiary/aromatic N) is 3. The molecule has 10 heteroatoms. The minimum absolute atomic E-state index is 0.0711. The number of benzene rings is 2. The molecule has 0 aromatic heterocycles. The predicted molar refractivity (Wildman–Crippen MR) is 117 cm³/mol. The van der Waals surface area contributed by atoms with Gasteiger partial charge in [0.15, 0.2) is 0 Å². The van der Waals surface area contributed by atoms with Crippen LogP contribution in [0.4, 0.5) is 19.3 Å². The number of hydrazine groups is 1. The molecule has 0 aliphatic carbocycles. The predicted octanol–water partition coefficient (Wildman–Crippen LogP) is 3.09. The van der Waals surface area contributed by atoms with Gasteiger partial charge in [0.05, 0.1) is 11.0 Å². The highest BCUT2D eigenvalue weighted by molar-refractivity contribution is 9.10. The maximum Gasteiger partial charge on any atom is 0.324 e. The molecule has 0 unspecified atom stereocenters. The Morgan fingerprint density at radius 3 is 2.39 bits per heavy atom. The van der Waals surface area contributed by atoms with Crippen molar-refractivity contribution in [2.75, 3.05) is 37.6 Å². The molecule has 0 atom stereocenters. The third kappa shape index (κ3) is 5.38. The monoisotopic (exact) mass is 495 g/mol. The molecule has 1 heterocycles. The Kier molecular flexibility index (Phi) is 7.58. The van der Waals surface area contributed by atoms with Crippen molar-refractivity contribution in [2.45, 2.75) is 13.5 Å². The number of hydrogen-bond acceptors (Lipinski definition) is 4. The molecule has 1 aliphatic rings. The van der Waals surface area contributed by atoms with E-state index in [4.69, 9.17) is 5.84 Å². The minimum Gasteiger partial charge on any atom is -0.322 e. The van der Waals surface area contributed by atoms with Gasteiger partial charge < -0.3 is 9.80 Å². The number of rotatable bonds is 5. The van der Waals surface area contributed by atoms with Crippen LogP contribution >= 0.6 is 15.9 Å². The van der Waals surface area contributed by atoms with Crippen molar-refractivity contribution in [2.24, 2.45) is 5.84 Å². The summed E-state index contributed by atoms with van der Waals surface area (Å²) in [5, 5.41) is 0. The lowest BCUT2D eigenvalue weighted by Crippen LogP contribution is -2.52. The average Bonchev–Trinajstić information content (AvgIpc) is 2.79. The Labute approximate surface area is 187 Å². The van der Waals surface area contributed by atoms with Crippen molar-refractivity contribution in [1.82, 2.24) is 15.2 Å². The minimum atomic E-state index is -0.643.